The second kappa shape index (κ2) is 6.83. The molecule has 6 heteroatoms. The van der Waals surface area contributed by atoms with Gasteiger partial charge in [-0.2, -0.15) is 0 Å². The van der Waals surface area contributed by atoms with Crippen molar-refractivity contribution in [3.05, 3.63) is 57.2 Å². The number of thiophene rings is 1. The molecule has 0 saturated carbocycles. The van der Waals surface area contributed by atoms with Gasteiger partial charge in [-0.15, -0.1) is 11.3 Å². The highest BCUT2D eigenvalue weighted by Crippen LogP contribution is 2.14. The van der Waals surface area contributed by atoms with Crippen molar-refractivity contribution in [3.8, 4) is 0 Å². The summed E-state index contributed by atoms with van der Waals surface area (Å²) in [5.74, 6) is -0.287. The van der Waals surface area contributed by atoms with Crippen molar-refractivity contribution in [2.75, 3.05) is 7.05 Å². The van der Waals surface area contributed by atoms with E-state index in [9.17, 15) is 9.59 Å². The molecule has 23 heavy (non-hydrogen) atoms. The molecule has 0 aliphatic carbocycles. The molecule has 0 aliphatic rings. The number of aromatic nitrogens is 1. The lowest BCUT2D eigenvalue weighted by Crippen LogP contribution is -2.26. The number of aryl methyl sites for hydroxylation is 1. The Morgan fingerprint density at radius 2 is 2.09 bits per heavy atom. The molecule has 3 aromatic rings. The smallest absolute Gasteiger partial charge is 0.408 e. The van der Waals surface area contributed by atoms with E-state index >= 15 is 0 Å². The first-order valence-corrected chi connectivity index (χ1v) is 8.38. The molecule has 0 atom stereocenters. The van der Waals surface area contributed by atoms with Gasteiger partial charge < -0.3 is 9.32 Å². The number of carbonyl (C=O) groups excluding carboxylic acids is 1. The first kappa shape index (κ1) is 15.6. The van der Waals surface area contributed by atoms with Crippen LogP contribution in [0.3, 0.4) is 0 Å². The molecule has 5 nitrogen and oxygen atoms in total. The van der Waals surface area contributed by atoms with Crippen LogP contribution in [0.15, 0.2) is 51.0 Å². The van der Waals surface area contributed by atoms with Gasteiger partial charge in [-0.05, 0) is 30.0 Å². The van der Waals surface area contributed by atoms with Gasteiger partial charge in [0.15, 0.2) is 5.58 Å². The summed E-state index contributed by atoms with van der Waals surface area (Å²) < 4.78 is 6.77. The minimum absolute atomic E-state index is 0.0826. The van der Waals surface area contributed by atoms with E-state index in [1.807, 2.05) is 42.8 Å². The molecule has 1 aromatic carbocycles. The summed E-state index contributed by atoms with van der Waals surface area (Å²) in [7, 11) is 1.81. The molecule has 1 amide bonds. The predicted molar refractivity (Wildman–Crippen MR) is 90.5 cm³/mol. The number of hydrogen-bond acceptors (Lipinski definition) is 4. The summed E-state index contributed by atoms with van der Waals surface area (Å²) in [6, 6.07) is 11.3. The van der Waals surface area contributed by atoms with Gasteiger partial charge in [-0.3, -0.25) is 9.36 Å². The maximum absolute atomic E-state index is 12.2. The summed E-state index contributed by atoms with van der Waals surface area (Å²) >= 11 is 1.64. The Labute approximate surface area is 137 Å². The van der Waals surface area contributed by atoms with E-state index in [2.05, 4.69) is 0 Å². The van der Waals surface area contributed by atoms with E-state index in [4.69, 9.17) is 4.42 Å². The van der Waals surface area contributed by atoms with Gasteiger partial charge in [0, 0.05) is 24.9 Å². The summed E-state index contributed by atoms with van der Waals surface area (Å²) in [6.45, 7) is 1.11. The van der Waals surface area contributed by atoms with Crippen LogP contribution in [0.4, 0.5) is 0 Å². The van der Waals surface area contributed by atoms with Crippen LogP contribution in [0.1, 0.15) is 17.7 Å². The van der Waals surface area contributed by atoms with Gasteiger partial charge in [0.25, 0.3) is 0 Å². The number of amides is 1. The number of rotatable bonds is 6. The minimum atomic E-state index is -0.370. The van der Waals surface area contributed by atoms with Crippen LogP contribution in [0.5, 0.6) is 0 Å². The van der Waals surface area contributed by atoms with Gasteiger partial charge in [0.05, 0.1) is 12.1 Å². The lowest BCUT2D eigenvalue weighted by Gasteiger charge is -2.16. The zero-order valence-electron chi connectivity index (χ0n) is 12.9. The zero-order chi connectivity index (χ0) is 16.2. The van der Waals surface area contributed by atoms with Gasteiger partial charge in [0.1, 0.15) is 0 Å². The molecule has 0 saturated heterocycles. The van der Waals surface area contributed by atoms with Gasteiger partial charge in [0.2, 0.25) is 5.91 Å². The third-order valence-corrected chi connectivity index (χ3v) is 4.61. The Balaban J connectivity index is 1.57. The molecular weight excluding hydrogens is 312 g/mol. The molecule has 0 bridgehead atoms. The van der Waals surface area contributed by atoms with Crippen molar-refractivity contribution in [1.29, 1.82) is 0 Å². The van der Waals surface area contributed by atoms with Crippen LogP contribution in [0.25, 0.3) is 11.1 Å². The van der Waals surface area contributed by atoms with Crippen molar-refractivity contribution in [2.24, 2.45) is 0 Å². The third-order valence-electron chi connectivity index (χ3n) is 3.74. The number of hydrogen-bond donors (Lipinski definition) is 0. The van der Waals surface area contributed by atoms with Crippen LogP contribution >= 0.6 is 11.3 Å². The SMILES string of the molecule is CN(Cc1cccs1)C(=O)CCCn1c(=O)oc2ccccc21. The first-order valence-electron chi connectivity index (χ1n) is 7.50. The molecule has 3 rings (SSSR count). The van der Waals surface area contributed by atoms with Crippen LogP contribution in [0.2, 0.25) is 0 Å². The largest absolute Gasteiger partial charge is 0.419 e. The Morgan fingerprint density at radius 1 is 1.26 bits per heavy atom. The van der Waals surface area contributed by atoms with E-state index in [1.165, 1.54) is 0 Å². The van der Waals surface area contributed by atoms with Crippen molar-refractivity contribution < 1.29 is 9.21 Å². The number of fused-ring (bicyclic) bond motifs is 1. The Bertz CT molecular complexity index is 848. The summed E-state index contributed by atoms with van der Waals surface area (Å²) in [5.41, 5.74) is 1.36. The van der Waals surface area contributed by atoms with E-state index in [-0.39, 0.29) is 11.7 Å². The molecule has 0 unspecified atom stereocenters. The molecule has 0 radical (unpaired) electrons. The van der Waals surface area contributed by atoms with Crippen LogP contribution in [-0.2, 0) is 17.9 Å². The number of oxazole rings is 1. The third kappa shape index (κ3) is 3.53. The summed E-state index contributed by atoms with van der Waals surface area (Å²) in [6.07, 6.45) is 1.02. The van der Waals surface area contributed by atoms with E-state index in [1.54, 1.807) is 26.9 Å². The molecule has 2 aromatic heterocycles. The fourth-order valence-electron chi connectivity index (χ4n) is 2.53. The van der Waals surface area contributed by atoms with Crippen LogP contribution in [-0.4, -0.2) is 22.4 Å². The van der Waals surface area contributed by atoms with Crippen molar-refractivity contribution >= 4 is 28.3 Å². The molecule has 2 heterocycles. The maximum Gasteiger partial charge on any atom is 0.419 e. The Kier molecular flexibility index (Phi) is 4.62. The van der Waals surface area contributed by atoms with Crippen molar-refractivity contribution in [2.45, 2.75) is 25.9 Å². The predicted octanol–water partition coefficient (Wildman–Crippen LogP) is 3.09. The second-order valence-electron chi connectivity index (χ2n) is 5.42. The first-order chi connectivity index (χ1) is 11.1. The highest BCUT2D eigenvalue weighted by atomic mass is 32.1. The van der Waals surface area contributed by atoms with Gasteiger partial charge in [-0.1, -0.05) is 18.2 Å². The molecule has 120 valence electrons. The van der Waals surface area contributed by atoms with E-state index < -0.39 is 0 Å². The van der Waals surface area contributed by atoms with Crippen molar-refractivity contribution in [1.82, 2.24) is 9.47 Å². The average molecular weight is 330 g/mol. The fourth-order valence-corrected chi connectivity index (χ4v) is 3.29. The zero-order valence-corrected chi connectivity index (χ0v) is 13.7. The molecule has 0 N–H and O–H groups in total. The van der Waals surface area contributed by atoms with Crippen molar-refractivity contribution in [3.63, 3.8) is 0 Å². The molecule has 0 fully saturated rings. The number of benzene rings is 1. The number of nitrogens with zero attached hydrogens (tertiary/aromatic N) is 2. The fraction of sp³-hybridized carbons (Fsp3) is 0.294. The van der Waals surface area contributed by atoms with Crippen LogP contribution in [0, 0.1) is 0 Å². The van der Waals surface area contributed by atoms with E-state index in [0.29, 0.717) is 31.5 Å². The summed E-state index contributed by atoms with van der Waals surface area (Å²) in [4.78, 5) is 26.9. The lowest BCUT2D eigenvalue weighted by atomic mass is 10.2. The molecule has 0 aliphatic heterocycles. The molecule has 0 spiro atoms. The average Bonchev–Trinajstić information content (AvgIpc) is 3.15. The highest BCUT2D eigenvalue weighted by Gasteiger charge is 2.12. The standard InChI is InChI=1S/C17H18N2O3S/c1-18(12-13-6-5-11-23-13)16(20)9-4-10-19-14-7-2-3-8-15(14)22-17(19)21/h2-3,5-8,11H,4,9-10,12H2,1H3. The number of para-hydroxylation sites is 2. The minimum Gasteiger partial charge on any atom is -0.408 e. The monoisotopic (exact) mass is 330 g/mol. The quantitative estimate of drug-likeness (QED) is 0.698. The lowest BCUT2D eigenvalue weighted by molar-refractivity contribution is -0.130. The summed E-state index contributed by atoms with van der Waals surface area (Å²) in [5, 5.41) is 2.00. The van der Waals surface area contributed by atoms with Gasteiger partial charge >= 0.3 is 5.76 Å². The highest BCUT2D eigenvalue weighted by molar-refractivity contribution is 7.09. The number of carbonyl (C=O) groups is 1. The maximum atomic E-state index is 12.2. The van der Waals surface area contributed by atoms with Gasteiger partial charge in [-0.25, -0.2) is 4.79 Å². The Morgan fingerprint density at radius 3 is 2.87 bits per heavy atom. The molecular formula is C17H18N2O3S. The topological polar surface area (TPSA) is 55.5 Å². The van der Waals surface area contributed by atoms with E-state index in [0.717, 1.165) is 10.4 Å². The second-order valence-corrected chi connectivity index (χ2v) is 6.45. The Hall–Kier alpha value is -2.34. The van der Waals surface area contributed by atoms with Crippen LogP contribution < -0.4 is 5.76 Å². The normalized spacial score (nSPS) is 11.0.